The van der Waals surface area contributed by atoms with E-state index in [0.29, 0.717) is 49.8 Å². The van der Waals surface area contributed by atoms with Crippen molar-refractivity contribution >= 4 is 33.2 Å². The lowest BCUT2D eigenvalue weighted by molar-refractivity contribution is -0.142. The Balaban J connectivity index is 1.65. The van der Waals surface area contributed by atoms with E-state index in [2.05, 4.69) is 0 Å². The van der Waals surface area contributed by atoms with Crippen molar-refractivity contribution in [2.75, 3.05) is 39.3 Å². The zero-order chi connectivity index (χ0) is 18.9. The first-order valence-electron chi connectivity index (χ1n) is 8.90. The molecule has 1 aromatic rings. The van der Waals surface area contributed by atoms with Crippen LogP contribution in [0.3, 0.4) is 0 Å². The van der Waals surface area contributed by atoms with Crippen molar-refractivity contribution in [2.45, 2.75) is 30.9 Å². The number of piperazine rings is 1. The van der Waals surface area contributed by atoms with E-state index in [1.165, 1.54) is 22.6 Å². The van der Waals surface area contributed by atoms with E-state index < -0.39 is 10.0 Å². The van der Waals surface area contributed by atoms with Crippen molar-refractivity contribution in [1.29, 1.82) is 0 Å². The maximum Gasteiger partial charge on any atom is 0.252 e. The standard InChI is InChI=1S/C17H25N3O4S2/c1-13-5-6-16(25-13)26(23,24)20-7-3-4-15(12-20)17(22)19-10-8-18(9-11-19)14(2)21/h5-6,15H,3-4,7-12H2,1-2H3/t15-/m0/s1. The molecule has 9 heteroatoms. The predicted molar refractivity (Wildman–Crippen MR) is 99.4 cm³/mol. The maximum absolute atomic E-state index is 12.8. The van der Waals surface area contributed by atoms with Crippen molar-refractivity contribution < 1.29 is 18.0 Å². The van der Waals surface area contributed by atoms with Gasteiger partial charge in [0.2, 0.25) is 11.8 Å². The van der Waals surface area contributed by atoms with E-state index in [1.807, 2.05) is 6.92 Å². The number of thiophene rings is 1. The number of sulfonamides is 1. The molecule has 1 atom stereocenters. The third-order valence-corrected chi connectivity index (χ3v) is 8.41. The molecule has 0 bridgehead atoms. The Morgan fingerprint density at radius 3 is 2.31 bits per heavy atom. The van der Waals surface area contributed by atoms with Gasteiger partial charge in [0.15, 0.2) is 0 Å². The van der Waals surface area contributed by atoms with Crippen LogP contribution in [-0.4, -0.2) is 73.6 Å². The average Bonchev–Trinajstić information content (AvgIpc) is 3.08. The van der Waals surface area contributed by atoms with Gasteiger partial charge in [-0.2, -0.15) is 4.31 Å². The number of rotatable bonds is 3. The molecule has 2 amide bonds. The molecule has 3 rings (SSSR count). The molecule has 2 aliphatic rings. The first kappa shape index (κ1) is 19.3. The minimum Gasteiger partial charge on any atom is -0.339 e. The van der Waals surface area contributed by atoms with Crippen LogP contribution < -0.4 is 0 Å². The smallest absolute Gasteiger partial charge is 0.252 e. The summed E-state index contributed by atoms with van der Waals surface area (Å²) >= 11 is 1.27. The highest BCUT2D eigenvalue weighted by Gasteiger charge is 2.36. The molecule has 7 nitrogen and oxygen atoms in total. The van der Waals surface area contributed by atoms with Crippen molar-refractivity contribution in [3.8, 4) is 0 Å². The van der Waals surface area contributed by atoms with Crippen LogP contribution in [0.15, 0.2) is 16.3 Å². The van der Waals surface area contributed by atoms with Gasteiger partial charge in [-0.3, -0.25) is 9.59 Å². The molecule has 0 aliphatic carbocycles. The predicted octanol–water partition coefficient (Wildman–Crippen LogP) is 1.15. The first-order valence-corrected chi connectivity index (χ1v) is 11.2. The van der Waals surface area contributed by atoms with Crippen LogP contribution in [-0.2, 0) is 19.6 Å². The fourth-order valence-corrected chi connectivity index (χ4v) is 6.50. The molecule has 144 valence electrons. The molecule has 0 aromatic carbocycles. The summed E-state index contributed by atoms with van der Waals surface area (Å²) in [4.78, 5) is 28.7. The van der Waals surface area contributed by atoms with Crippen molar-refractivity contribution in [3.05, 3.63) is 17.0 Å². The first-order chi connectivity index (χ1) is 12.3. The number of carbonyl (C=O) groups excluding carboxylic acids is 2. The Bertz CT molecular complexity index is 782. The van der Waals surface area contributed by atoms with E-state index in [9.17, 15) is 18.0 Å². The molecule has 2 saturated heterocycles. The Morgan fingerprint density at radius 2 is 1.73 bits per heavy atom. The monoisotopic (exact) mass is 399 g/mol. The van der Waals surface area contributed by atoms with Gasteiger partial charge in [-0.25, -0.2) is 8.42 Å². The topological polar surface area (TPSA) is 78.0 Å². The number of nitrogens with zero attached hydrogens (tertiary/aromatic N) is 3. The largest absolute Gasteiger partial charge is 0.339 e. The van der Waals surface area contributed by atoms with Gasteiger partial charge in [0, 0.05) is 51.1 Å². The van der Waals surface area contributed by atoms with Crippen LogP contribution in [0.4, 0.5) is 0 Å². The zero-order valence-electron chi connectivity index (χ0n) is 15.2. The minimum absolute atomic E-state index is 0.00969. The highest BCUT2D eigenvalue weighted by molar-refractivity contribution is 7.91. The third kappa shape index (κ3) is 3.94. The van der Waals surface area contributed by atoms with Crippen LogP contribution in [0.5, 0.6) is 0 Å². The van der Waals surface area contributed by atoms with Crippen LogP contribution in [0.2, 0.25) is 0 Å². The summed E-state index contributed by atoms with van der Waals surface area (Å²) < 4.78 is 27.5. The molecule has 0 saturated carbocycles. The lowest BCUT2D eigenvalue weighted by Crippen LogP contribution is -2.53. The fraction of sp³-hybridized carbons (Fsp3) is 0.647. The Kier molecular flexibility index (Phi) is 5.69. The van der Waals surface area contributed by atoms with Gasteiger partial charge in [0.1, 0.15) is 4.21 Å². The number of aryl methyl sites for hydroxylation is 1. The SMILES string of the molecule is CC(=O)N1CCN(C(=O)[C@H]2CCCN(S(=O)(=O)c3ccc(C)s3)C2)CC1. The Labute approximate surface area is 158 Å². The van der Waals surface area contributed by atoms with Crippen molar-refractivity contribution in [1.82, 2.24) is 14.1 Å². The third-order valence-electron chi connectivity index (χ3n) is 5.08. The van der Waals surface area contributed by atoms with Crippen LogP contribution in [0, 0.1) is 12.8 Å². The lowest BCUT2D eigenvalue weighted by atomic mass is 9.98. The van der Waals surface area contributed by atoms with Gasteiger partial charge in [0.25, 0.3) is 10.0 Å². The fourth-order valence-electron chi connectivity index (χ4n) is 3.54. The van der Waals surface area contributed by atoms with Crippen molar-refractivity contribution in [3.63, 3.8) is 0 Å². The summed E-state index contributed by atoms with van der Waals surface area (Å²) in [5, 5.41) is 0. The van der Waals surface area contributed by atoms with E-state index >= 15 is 0 Å². The molecule has 0 unspecified atom stereocenters. The lowest BCUT2D eigenvalue weighted by Gasteiger charge is -2.38. The van der Waals surface area contributed by atoms with Crippen LogP contribution in [0.1, 0.15) is 24.6 Å². The quantitative estimate of drug-likeness (QED) is 0.764. The summed E-state index contributed by atoms with van der Waals surface area (Å²) in [6.45, 7) is 6.25. The van der Waals surface area contributed by atoms with Gasteiger partial charge in [-0.1, -0.05) is 0 Å². The Hall–Kier alpha value is -1.45. The maximum atomic E-state index is 12.8. The number of hydrogen-bond acceptors (Lipinski definition) is 5. The molecule has 3 heterocycles. The van der Waals surface area contributed by atoms with Gasteiger partial charge >= 0.3 is 0 Å². The second-order valence-corrected chi connectivity index (χ2v) is 10.4. The number of piperidine rings is 1. The summed E-state index contributed by atoms with van der Waals surface area (Å²) in [5.74, 6) is -0.266. The second-order valence-electron chi connectivity index (χ2n) is 6.90. The molecular weight excluding hydrogens is 374 g/mol. The van der Waals surface area contributed by atoms with Gasteiger partial charge in [-0.15, -0.1) is 11.3 Å². The molecule has 2 aliphatic heterocycles. The highest BCUT2D eigenvalue weighted by atomic mass is 32.2. The van der Waals surface area contributed by atoms with Gasteiger partial charge in [-0.05, 0) is 31.9 Å². The molecule has 2 fully saturated rings. The summed E-state index contributed by atoms with van der Waals surface area (Å²) in [6, 6.07) is 3.44. The average molecular weight is 400 g/mol. The summed E-state index contributed by atoms with van der Waals surface area (Å²) in [5.41, 5.74) is 0. The van der Waals surface area contributed by atoms with E-state index in [1.54, 1.807) is 21.9 Å². The molecular formula is C17H25N3O4S2. The molecule has 26 heavy (non-hydrogen) atoms. The molecule has 0 spiro atoms. The van der Waals surface area contributed by atoms with Crippen LogP contribution >= 0.6 is 11.3 Å². The molecule has 1 aromatic heterocycles. The van der Waals surface area contributed by atoms with Crippen molar-refractivity contribution in [2.24, 2.45) is 5.92 Å². The number of hydrogen-bond donors (Lipinski definition) is 0. The minimum atomic E-state index is -3.53. The highest BCUT2D eigenvalue weighted by Crippen LogP contribution is 2.29. The normalized spacial score (nSPS) is 22.5. The van der Waals surface area contributed by atoms with Crippen LogP contribution in [0.25, 0.3) is 0 Å². The molecule has 0 radical (unpaired) electrons. The summed E-state index contributed by atoms with van der Waals surface area (Å²) in [7, 11) is -3.53. The van der Waals surface area contributed by atoms with E-state index in [4.69, 9.17) is 0 Å². The van der Waals surface area contributed by atoms with Gasteiger partial charge < -0.3 is 9.80 Å². The zero-order valence-corrected chi connectivity index (χ0v) is 16.8. The molecule has 0 N–H and O–H groups in total. The summed E-state index contributed by atoms with van der Waals surface area (Å²) in [6.07, 6.45) is 1.40. The van der Waals surface area contributed by atoms with E-state index in [0.717, 1.165) is 4.88 Å². The van der Waals surface area contributed by atoms with Gasteiger partial charge in [0.05, 0.1) is 5.92 Å². The van der Waals surface area contributed by atoms with E-state index in [-0.39, 0.29) is 24.3 Å². The number of carbonyl (C=O) groups is 2. The number of amides is 2. The Morgan fingerprint density at radius 1 is 1.08 bits per heavy atom. The second kappa shape index (κ2) is 7.66.